The molecule has 0 aliphatic carbocycles. The number of carbonyl (C=O) groups is 1. The highest BCUT2D eigenvalue weighted by molar-refractivity contribution is 5.80. The van der Waals surface area contributed by atoms with E-state index in [2.05, 4.69) is 30.6 Å². The van der Waals surface area contributed by atoms with Gasteiger partial charge in [0.25, 0.3) is 0 Å². The second-order valence-corrected chi connectivity index (χ2v) is 8.84. The van der Waals surface area contributed by atoms with Crippen molar-refractivity contribution in [1.29, 1.82) is 0 Å². The molecular weight excluding hydrogens is 394 g/mol. The fraction of sp³-hybridized carbons (Fsp3) is 0.545. The summed E-state index contributed by atoms with van der Waals surface area (Å²) in [4.78, 5) is 23.1. The van der Waals surface area contributed by atoms with Crippen LogP contribution in [0.4, 0.5) is 4.79 Å². The molecule has 168 valence electrons. The third-order valence-corrected chi connectivity index (χ3v) is 4.91. The number of alkyl carbamates (subject to hydrolysis) is 1. The number of pyridine rings is 1. The zero-order valence-electron chi connectivity index (χ0n) is 19.3. The highest BCUT2D eigenvalue weighted by atomic mass is 16.6. The van der Waals surface area contributed by atoms with Gasteiger partial charge in [-0.05, 0) is 58.7 Å². The SMILES string of the molecule is CN=C(NCc1ccc(-n2nc(C)cc2C)nc1)N1CCC(NC(=O)OC(C)(C)C)C1. The van der Waals surface area contributed by atoms with Crippen LogP contribution < -0.4 is 10.6 Å². The van der Waals surface area contributed by atoms with Gasteiger partial charge in [0.15, 0.2) is 11.8 Å². The number of aromatic nitrogens is 3. The minimum atomic E-state index is -0.501. The van der Waals surface area contributed by atoms with Crippen LogP contribution in [0.25, 0.3) is 5.82 Å². The maximum absolute atomic E-state index is 12.0. The lowest BCUT2D eigenvalue weighted by molar-refractivity contribution is 0.0507. The van der Waals surface area contributed by atoms with Crippen LogP contribution in [0.2, 0.25) is 0 Å². The van der Waals surface area contributed by atoms with Crippen LogP contribution in [0, 0.1) is 13.8 Å². The molecule has 2 aromatic heterocycles. The molecule has 0 bridgehead atoms. The molecule has 1 unspecified atom stereocenters. The predicted octanol–water partition coefficient (Wildman–Crippen LogP) is 2.56. The summed E-state index contributed by atoms with van der Waals surface area (Å²) < 4.78 is 7.19. The lowest BCUT2D eigenvalue weighted by Gasteiger charge is -2.23. The molecule has 1 aliphatic rings. The van der Waals surface area contributed by atoms with Crippen molar-refractivity contribution in [1.82, 2.24) is 30.3 Å². The van der Waals surface area contributed by atoms with Crippen molar-refractivity contribution in [2.24, 2.45) is 4.99 Å². The summed E-state index contributed by atoms with van der Waals surface area (Å²) in [5, 5.41) is 10.8. The molecule has 9 heteroatoms. The summed E-state index contributed by atoms with van der Waals surface area (Å²) in [6.45, 7) is 11.7. The topological polar surface area (TPSA) is 96.7 Å². The predicted molar refractivity (Wildman–Crippen MR) is 120 cm³/mol. The van der Waals surface area contributed by atoms with Crippen LogP contribution in [0.3, 0.4) is 0 Å². The average molecular weight is 428 g/mol. The second-order valence-electron chi connectivity index (χ2n) is 8.84. The molecule has 3 rings (SSSR count). The standard InChI is InChI=1S/C22H33N7O2/c1-15-11-16(2)29(27-15)19-8-7-17(12-24-19)13-25-20(23-6)28-10-9-18(14-28)26-21(30)31-22(3,4)5/h7-8,11-12,18H,9-10,13-14H2,1-6H3,(H,23,25)(H,26,30). The van der Waals surface area contributed by atoms with Crippen molar-refractivity contribution in [2.45, 2.75) is 59.2 Å². The first-order valence-corrected chi connectivity index (χ1v) is 10.6. The molecule has 2 aromatic rings. The fourth-order valence-corrected chi connectivity index (χ4v) is 3.57. The first kappa shape index (κ1) is 22.6. The minimum absolute atomic E-state index is 0.0371. The van der Waals surface area contributed by atoms with Crippen LogP contribution in [0.5, 0.6) is 0 Å². The third-order valence-electron chi connectivity index (χ3n) is 4.91. The lowest BCUT2D eigenvalue weighted by atomic mass is 10.2. The summed E-state index contributed by atoms with van der Waals surface area (Å²) in [5.41, 5.74) is 2.58. The van der Waals surface area contributed by atoms with E-state index >= 15 is 0 Å². The molecule has 1 saturated heterocycles. The fourth-order valence-electron chi connectivity index (χ4n) is 3.57. The van der Waals surface area contributed by atoms with Crippen LogP contribution in [0.15, 0.2) is 29.4 Å². The van der Waals surface area contributed by atoms with Crippen molar-refractivity contribution in [3.8, 4) is 5.82 Å². The molecule has 1 fully saturated rings. The monoisotopic (exact) mass is 427 g/mol. The number of nitrogens with zero attached hydrogens (tertiary/aromatic N) is 5. The zero-order chi connectivity index (χ0) is 22.6. The minimum Gasteiger partial charge on any atom is -0.444 e. The highest BCUT2D eigenvalue weighted by Crippen LogP contribution is 2.13. The van der Waals surface area contributed by atoms with E-state index in [1.165, 1.54) is 0 Å². The number of hydrogen-bond donors (Lipinski definition) is 2. The Balaban J connectivity index is 1.52. The molecule has 1 aliphatic heterocycles. The van der Waals surface area contributed by atoms with Gasteiger partial charge in [-0.2, -0.15) is 5.10 Å². The Kier molecular flexibility index (Phi) is 6.82. The Labute approximate surface area is 183 Å². The summed E-state index contributed by atoms with van der Waals surface area (Å²) in [6.07, 6.45) is 2.32. The number of likely N-dealkylation sites (tertiary alicyclic amines) is 1. The first-order chi connectivity index (χ1) is 14.6. The number of carbonyl (C=O) groups excluding carboxylic acids is 1. The number of ether oxygens (including phenoxy) is 1. The Bertz CT molecular complexity index is 928. The number of aliphatic imine (C=N–C) groups is 1. The van der Waals surface area contributed by atoms with Gasteiger partial charge in [0, 0.05) is 38.6 Å². The maximum atomic E-state index is 12.0. The van der Waals surface area contributed by atoms with E-state index in [0.717, 1.165) is 41.7 Å². The number of guanidine groups is 1. The second kappa shape index (κ2) is 9.36. The van der Waals surface area contributed by atoms with Gasteiger partial charge < -0.3 is 20.3 Å². The Morgan fingerprint density at radius 1 is 1.32 bits per heavy atom. The van der Waals surface area contributed by atoms with Crippen LogP contribution >= 0.6 is 0 Å². The maximum Gasteiger partial charge on any atom is 0.407 e. The van der Waals surface area contributed by atoms with Gasteiger partial charge in [-0.15, -0.1) is 0 Å². The van der Waals surface area contributed by atoms with Gasteiger partial charge in [-0.3, -0.25) is 4.99 Å². The molecule has 31 heavy (non-hydrogen) atoms. The number of rotatable bonds is 4. The third kappa shape index (κ3) is 6.19. The Hall–Kier alpha value is -3.10. The molecule has 0 spiro atoms. The van der Waals surface area contributed by atoms with Crippen molar-refractivity contribution in [2.75, 3.05) is 20.1 Å². The van der Waals surface area contributed by atoms with Gasteiger partial charge in [0.1, 0.15) is 5.60 Å². The van der Waals surface area contributed by atoms with Crippen LogP contribution in [-0.4, -0.2) is 63.5 Å². The van der Waals surface area contributed by atoms with Crippen LogP contribution in [-0.2, 0) is 11.3 Å². The van der Waals surface area contributed by atoms with E-state index in [1.54, 1.807) is 7.05 Å². The number of aryl methyl sites for hydroxylation is 2. The van der Waals surface area contributed by atoms with E-state index in [9.17, 15) is 4.79 Å². The molecule has 1 amide bonds. The number of amides is 1. The molecule has 0 saturated carbocycles. The summed E-state index contributed by atoms with van der Waals surface area (Å²) >= 11 is 0. The smallest absolute Gasteiger partial charge is 0.407 e. The molecule has 1 atom stereocenters. The van der Waals surface area contributed by atoms with Crippen LogP contribution in [0.1, 0.15) is 44.1 Å². The normalized spacial score (nSPS) is 17.0. The first-order valence-electron chi connectivity index (χ1n) is 10.6. The van der Waals surface area contributed by atoms with Gasteiger partial charge in [-0.1, -0.05) is 6.07 Å². The van der Waals surface area contributed by atoms with E-state index < -0.39 is 5.60 Å². The molecule has 3 heterocycles. The van der Waals surface area contributed by atoms with Crippen molar-refractivity contribution in [3.63, 3.8) is 0 Å². The molecular formula is C22H33N7O2. The van der Waals surface area contributed by atoms with E-state index in [0.29, 0.717) is 13.1 Å². The van der Waals surface area contributed by atoms with E-state index in [-0.39, 0.29) is 12.1 Å². The average Bonchev–Trinajstić information content (AvgIpc) is 3.27. The Morgan fingerprint density at radius 2 is 2.10 bits per heavy atom. The van der Waals surface area contributed by atoms with E-state index in [4.69, 9.17) is 4.74 Å². The highest BCUT2D eigenvalue weighted by Gasteiger charge is 2.27. The Morgan fingerprint density at radius 3 is 2.68 bits per heavy atom. The largest absolute Gasteiger partial charge is 0.444 e. The summed E-state index contributed by atoms with van der Waals surface area (Å²) in [5.74, 6) is 1.60. The quantitative estimate of drug-likeness (QED) is 0.575. The molecule has 2 N–H and O–H groups in total. The van der Waals surface area contributed by atoms with Gasteiger partial charge in [0.05, 0.1) is 11.7 Å². The van der Waals surface area contributed by atoms with Gasteiger partial charge in [0.2, 0.25) is 0 Å². The summed E-state index contributed by atoms with van der Waals surface area (Å²) in [7, 11) is 1.77. The zero-order valence-corrected chi connectivity index (χ0v) is 19.3. The van der Waals surface area contributed by atoms with Gasteiger partial charge in [-0.25, -0.2) is 14.5 Å². The molecule has 0 radical (unpaired) electrons. The van der Waals surface area contributed by atoms with Crippen molar-refractivity contribution < 1.29 is 9.53 Å². The van der Waals surface area contributed by atoms with E-state index in [1.807, 2.05) is 63.7 Å². The molecule has 0 aromatic carbocycles. The lowest BCUT2D eigenvalue weighted by Crippen LogP contribution is -2.44. The number of nitrogens with one attached hydrogen (secondary N) is 2. The number of hydrogen-bond acceptors (Lipinski definition) is 5. The van der Waals surface area contributed by atoms with Crippen molar-refractivity contribution >= 4 is 12.1 Å². The summed E-state index contributed by atoms with van der Waals surface area (Å²) in [6, 6.07) is 6.07. The molecule has 9 nitrogen and oxygen atoms in total. The van der Waals surface area contributed by atoms with Gasteiger partial charge >= 0.3 is 6.09 Å². The van der Waals surface area contributed by atoms with Crippen molar-refractivity contribution in [3.05, 3.63) is 41.3 Å².